The van der Waals surface area contributed by atoms with E-state index in [1.54, 1.807) is 18.5 Å². The van der Waals surface area contributed by atoms with Crippen LogP contribution in [-0.4, -0.2) is 59.7 Å². The second kappa shape index (κ2) is 10.2. The SMILES string of the molecule is C#Cc1cnccc1OC1CCC(OC2CCN(C(=O)OC(C)C(F)(F)F)CC2)CC1. The number of rotatable bonds is 5. The van der Waals surface area contributed by atoms with Crippen LogP contribution in [-0.2, 0) is 9.47 Å². The number of amides is 1. The molecular formula is C22H27F3N2O4. The fraction of sp³-hybridized carbons (Fsp3) is 0.636. The van der Waals surface area contributed by atoms with E-state index in [-0.39, 0.29) is 18.3 Å². The minimum absolute atomic E-state index is 0.0141. The maximum Gasteiger partial charge on any atom is 0.425 e. The van der Waals surface area contributed by atoms with Crippen molar-refractivity contribution in [2.75, 3.05) is 13.1 Å². The first kappa shape index (κ1) is 23.2. The predicted molar refractivity (Wildman–Crippen MR) is 107 cm³/mol. The van der Waals surface area contributed by atoms with Gasteiger partial charge in [0.25, 0.3) is 0 Å². The molecule has 6 nitrogen and oxygen atoms in total. The van der Waals surface area contributed by atoms with E-state index in [9.17, 15) is 18.0 Å². The minimum atomic E-state index is -4.56. The van der Waals surface area contributed by atoms with Crippen molar-refractivity contribution in [3.05, 3.63) is 24.0 Å². The average Bonchev–Trinajstić information content (AvgIpc) is 2.75. The molecular weight excluding hydrogens is 413 g/mol. The van der Waals surface area contributed by atoms with E-state index in [4.69, 9.17) is 15.9 Å². The normalized spacial score (nSPS) is 23.6. The molecule has 2 fully saturated rings. The Morgan fingerprint density at radius 3 is 2.39 bits per heavy atom. The van der Waals surface area contributed by atoms with Crippen molar-refractivity contribution in [3.63, 3.8) is 0 Å². The lowest BCUT2D eigenvalue weighted by Gasteiger charge is -2.36. The van der Waals surface area contributed by atoms with Crippen LogP contribution in [0.2, 0.25) is 0 Å². The van der Waals surface area contributed by atoms with Crippen LogP contribution in [0.5, 0.6) is 5.75 Å². The maximum absolute atomic E-state index is 12.6. The summed E-state index contributed by atoms with van der Waals surface area (Å²) in [5.74, 6) is 3.24. The second-order valence-corrected chi connectivity index (χ2v) is 7.92. The van der Waals surface area contributed by atoms with Crippen molar-refractivity contribution in [2.45, 2.75) is 76.0 Å². The van der Waals surface area contributed by atoms with Gasteiger partial charge in [-0.05, 0) is 51.5 Å². The molecule has 0 radical (unpaired) electrons. The number of hydrogen-bond acceptors (Lipinski definition) is 5. The molecule has 1 aromatic rings. The van der Waals surface area contributed by atoms with E-state index in [1.165, 1.54) is 4.90 Å². The molecule has 0 bridgehead atoms. The molecule has 3 rings (SSSR count). The van der Waals surface area contributed by atoms with Gasteiger partial charge in [0.1, 0.15) is 5.75 Å². The molecule has 170 valence electrons. The Kier molecular flexibility index (Phi) is 7.65. The fourth-order valence-corrected chi connectivity index (χ4v) is 3.80. The van der Waals surface area contributed by atoms with Crippen molar-refractivity contribution in [3.8, 4) is 18.1 Å². The quantitative estimate of drug-likeness (QED) is 0.639. The fourth-order valence-electron chi connectivity index (χ4n) is 3.80. The number of ether oxygens (including phenoxy) is 3. The zero-order valence-electron chi connectivity index (χ0n) is 17.4. The molecule has 1 unspecified atom stereocenters. The molecule has 1 aromatic heterocycles. The summed E-state index contributed by atoms with van der Waals surface area (Å²) in [4.78, 5) is 17.2. The Morgan fingerprint density at radius 1 is 1.16 bits per heavy atom. The molecule has 1 aliphatic carbocycles. The molecule has 2 heterocycles. The number of hydrogen-bond donors (Lipinski definition) is 0. The highest BCUT2D eigenvalue weighted by Gasteiger charge is 2.40. The first-order valence-electron chi connectivity index (χ1n) is 10.5. The largest absolute Gasteiger partial charge is 0.489 e. The first-order chi connectivity index (χ1) is 14.8. The van der Waals surface area contributed by atoms with Crippen molar-refractivity contribution in [1.82, 2.24) is 9.88 Å². The lowest BCUT2D eigenvalue weighted by molar-refractivity contribution is -0.200. The molecule has 0 N–H and O–H groups in total. The highest BCUT2D eigenvalue weighted by Crippen LogP contribution is 2.29. The van der Waals surface area contributed by atoms with Gasteiger partial charge in [-0.25, -0.2) is 4.79 Å². The van der Waals surface area contributed by atoms with E-state index in [0.29, 0.717) is 37.2 Å². The third-order valence-corrected chi connectivity index (χ3v) is 5.68. The van der Waals surface area contributed by atoms with E-state index >= 15 is 0 Å². The highest BCUT2D eigenvalue weighted by atomic mass is 19.4. The first-order valence-corrected chi connectivity index (χ1v) is 10.5. The van der Waals surface area contributed by atoms with Crippen LogP contribution >= 0.6 is 0 Å². The zero-order valence-corrected chi connectivity index (χ0v) is 17.4. The second-order valence-electron chi connectivity index (χ2n) is 7.92. The Hall–Kier alpha value is -2.47. The van der Waals surface area contributed by atoms with Gasteiger partial charge in [-0.1, -0.05) is 5.92 Å². The van der Waals surface area contributed by atoms with Crippen LogP contribution < -0.4 is 4.74 Å². The van der Waals surface area contributed by atoms with Gasteiger partial charge >= 0.3 is 12.3 Å². The number of pyridine rings is 1. The van der Waals surface area contributed by atoms with E-state index in [1.807, 2.05) is 0 Å². The average molecular weight is 440 g/mol. The number of piperidine rings is 1. The Labute approximate surface area is 180 Å². The zero-order chi connectivity index (χ0) is 22.4. The van der Waals surface area contributed by atoms with Gasteiger partial charge in [-0.3, -0.25) is 4.98 Å². The summed E-state index contributed by atoms with van der Waals surface area (Å²) in [5.41, 5.74) is 0.635. The van der Waals surface area contributed by atoms with Crippen molar-refractivity contribution in [2.24, 2.45) is 0 Å². The Morgan fingerprint density at radius 2 is 1.77 bits per heavy atom. The van der Waals surface area contributed by atoms with Gasteiger partial charge in [0.15, 0.2) is 6.10 Å². The number of aromatic nitrogens is 1. The minimum Gasteiger partial charge on any atom is -0.489 e. The summed E-state index contributed by atoms with van der Waals surface area (Å²) < 4.78 is 54.4. The smallest absolute Gasteiger partial charge is 0.425 e. The van der Waals surface area contributed by atoms with Gasteiger partial charge in [0, 0.05) is 25.5 Å². The van der Waals surface area contributed by atoms with Gasteiger partial charge in [-0.15, -0.1) is 6.42 Å². The molecule has 1 aliphatic heterocycles. The van der Waals surface area contributed by atoms with Crippen LogP contribution in [0.25, 0.3) is 0 Å². The highest BCUT2D eigenvalue weighted by molar-refractivity contribution is 5.68. The van der Waals surface area contributed by atoms with Crippen LogP contribution in [0.3, 0.4) is 0 Å². The number of halogens is 3. The molecule has 0 aromatic carbocycles. The molecule has 0 spiro atoms. The third kappa shape index (κ3) is 6.50. The lowest BCUT2D eigenvalue weighted by atomic mass is 9.94. The summed E-state index contributed by atoms with van der Waals surface area (Å²) in [5, 5.41) is 0. The van der Waals surface area contributed by atoms with Crippen LogP contribution in [0.4, 0.5) is 18.0 Å². The number of terminal acetylenes is 1. The van der Waals surface area contributed by atoms with Crippen molar-refractivity contribution >= 4 is 6.09 Å². The van der Waals surface area contributed by atoms with Crippen molar-refractivity contribution < 1.29 is 32.2 Å². The molecule has 1 atom stereocenters. The van der Waals surface area contributed by atoms with E-state index in [0.717, 1.165) is 32.6 Å². The summed E-state index contributed by atoms with van der Waals surface area (Å²) >= 11 is 0. The standard InChI is InChI=1S/C22H27F3N2O4/c1-3-16-14-26-11-8-20(16)31-18-6-4-17(5-7-18)30-19-9-12-27(13-10-19)21(28)29-15(2)22(23,24)25/h1,8,11,14-15,17-19H,4-7,9-10,12-13H2,2H3. The monoisotopic (exact) mass is 440 g/mol. The summed E-state index contributed by atoms with van der Waals surface area (Å²) in [6.45, 7) is 1.47. The van der Waals surface area contributed by atoms with E-state index in [2.05, 4.69) is 15.6 Å². The van der Waals surface area contributed by atoms with Crippen LogP contribution in [0.1, 0.15) is 51.0 Å². The van der Waals surface area contributed by atoms with Crippen LogP contribution in [0, 0.1) is 12.3 Å². The molecule has 1 saturated carbocycles. The van der Waals surface area contributed by atoms with Gasteiger partial charge in [0.05, 0.1) is 23.9 Å². The Bertz CT molecular complexity index is 780. The van der Waals surface area contributed by atoms with E-state index < -0.39 is 18.4 Å². The summed E-state index contributed by atoms with van der Waals surface area (Å²) in [6.07, 6.45) is 5.86. The lowest BCUT2D eigenvalue weighted by Crippen LogP contribution is -2.44. The molecule has 1 saturated heterocycles. The topological polar surface area (TPSA) is 60.9 Å². The summed E-state index contributed by atoms with van der Waals surface area (Å²) in [6, 6.07) is 1.77. The number of nitrogens with zero attached hydrogens (tertiary/aromatic N) is 2. The molecule has 1 amide bonds. The van der Waals surface area contributed by atoms with Crippen LogP contribution in [0.15, 0.2) is 18.5 Å². The molecule has 2 aliphatic rings. The van der Waals surface area contributed by atoms with Gasteiger partial charge in [0.2, 0.25) is 0 Å². The number of carbonyl (C=O) groups is 1. The maximum atomic E-state index is 12.6. The third-order valence-electron chi connectivity index (χ3n) is 5.68. The summed E-state index contributed by atoms with van der Waals surface area (Å²) in [7, 11) is 0. The predicted octanol–water partition coefficient (Wildman–Crippen LogP) is 4.32. The Balaban J connectivity index is 1.37. The van der Waals surface area contributed by atoms with Gasteiger partial charge in [-0.2, -0.15) is 13.2 Å². The number of likely N-dealkylation sites (tertiary alicyclic amines) is 1. The number of alkyl halides is 3. The van der Waals surface area contributed by atoms with Gasteiger partial charge < -0.3 is 19.1 Å². The molecule has 31 heavy (non-hydrogen) atoms. The molecule has 9 heteroatoms. The van der Waals surface area contributed by atoms with Crippen molar-refractivity contribution in [1.29, 1.82) is 0 Å². The number of carbonyl (C=O) groups excluding carboxylic acids is 1.